The lowest BCUT2D eigenvalue weighted by Gasteiger charge is -2.27. The van der Waals surface area contributed by atoms with E-state index in [1.165, 1.54) is 24.8 Å². The lowest BCUT2D eigenvalue weighted by Crippen LogP contribution is -2.36. The van der Waals surface area contributed by atoms with Crippen LogP contribution in [0.4, 0.5) is 0 Å². The summed E-state index contributed by atoms with van der Waals surface area (Å²) >= 11 is 0. The van der Waals surface area contributed by atoms with Gasteiger partial charge >= 0.3 is 0 Å². The Hall–Kier alpha value is -2.38. The second-order valence-electron chi connectivity index (χ2n) is 7.85. The third-order valence-corrected chi connectivity index (χ3v) is 7.27. The number of rotatable bonds is 8. The van der Waals surface area contributed by atoms with Gasteiger partial charge in [0.1, 0.15) is 5.75 Å². The molecule has 1 saturated heterocycles. The number of nitrogens with one attached hydrogen (secondary N) is 1. The molecule has 0 radical (unpaired) electrons. The number of benzene rings is 2. The molecule has 1 amide bonds. The largest absolute Gasteiger partial charge is 0.496 e. The predicted molar refractivity (Wildman–Crippen MR) is 122 cm³/mol. The minimum absolute atomic E-state index is 0.0679. The van der Waals surface area contributed by atoms with Crippen LogP contribution in [-0.4, -0.2) is 39.4 Å². The van der Waals surface area contributed by atoms with E-state index in [9.17, 15) is 13.2 Å². The zero-order valence-electron chi connectivity index (χ0n) is 18.6. The Morgan fingerprint density at radius 3 is 2.39 bits per heavy atom. The molecule has 31 heavy (non-hydrogen) atoms. The molecule has 7 heteroatoms. The number of nitrogens with zero attached hydrogens (tertiary/aromatic N) is 1. The standard InChI is InChI=1S/C24H32N2O4S/c1-4-18-9-10-19(5-2)20(15-18)17-25-31(28,29)21-11-12-23(30-3)22(16-21)24(27)26-13-7-6-8-14-26/h9-12,15-16,25H,4-8,13-14,17H2,1-3H3. The molecule has 168 valence electrons. The molecular formula is C24H32N2O4S. The van der Waals surface area contributed by atoms with Crippen LogP contribution in [0, 0.1) is 0 Å². The zero-order chi connectivity index (χ0) is 22.4. The first-order chi connectivity index (χ1) is 14.9. The van der Waals surface area contributed by atoms with Crippen LogP contribution in [0.1, 0.15) is 60.2 Å². The summed E-state index contributed by atoms with van der Waals surface area (Å²) in [6.07, 6.45) is 4.76. The van der Waals surface area contributed by atoms with E-state index in [0.717, 1.165) is 43.2 Å². The number of hydrogen-bond donors (Lipinski definition) is 1. The maximum Gasteiger partial charge on any atom is 0.257 e. The fraction of sp³-hybridized carbons (Fsp3) is 0.458. The highest BCUT2D eigenvalue weighted by molar-refractivity contribution is 7.89. The van der Waals surface area contributed by atoms with Crippen LogP contribution in [0.15, 0.2) is 41.3 Å². The number of methoxy groups -OCH3 is 1. The number of ether oxygens (including phenoxy) is 1. The van der Waals surface area contributed by atoms with E-state index in [1.54, 1.807) is 11.0 Å². The maximum atomic E-state index is 13.0. The van der Waals surface area contributed by atoms with Crippen molar-refractivity contribution in [1.29, 1.82) is 0 Å². The number of hydrogen-bond acceptors (Lipinski definition) is 4. The highest BCUT2D eigenvalue weighted by atomic mass is 32.2. The molecule has 0 spiro atoms. The molecule has 0 unspecified atom stereocenters. The maximum absolute atomic E-state index is 13.0. The highest BCUT2D eigenvalue weighted by Crippen LogP contribution is 2.25. The van der Waals surface area contributed by atoms with Crippen molar-refractivity contribution in [3.63, 3.8) is 0 Å². The smallest absolute Gasteiger partial charge is 0.257 e. The van der Waals surface area contributed by atoms with Crippen molar-refractivity contribution >= 4 is 15.9 Å². The van der Waals surface area contributed by atoms with E-state index in [0.29, 0.717) is 18.8 Å². The van der Waals surface area contributed by atoms with E-state index in [4.69, 9.17) is 4.74 Å². The van der Waals surface area contributed by atoms with Crippen LogP contribution in [0.5, 0.6) is 5.75 Å². The molecule has 0 aromatic heterocycles. The minimum atomic E-state index is -3.79. The topological polar surface area (TPSA) is 75.7 Å². The van der Waals surface area contributed by atoms with Crippen LogP contribution in [0.3, 0.4) is 0 Å². The molecule has 1 aliphatic heterocycles. The average Bonchev–Trinajstić information content (AvgIpc) is 2.82. The molecule has 3 rings (SSSR count). The number of piperidine rings is 1. The van der Waals surface area contributed by atoms with Crippen molar-refractivity contribution in [2.75, 3.05) is 20.2 Å². The van der Waals surface area contributed by atoms with Crippen LogP contribution in [0.2, 0.25) is 0 Å². The van der Waals surface area contributed by atoms with E-state index in [1.807, 2.05) is 0 Å². The predicted octanol–water partition coefficient (Wildman–Crippen LogP) is 3.92. The van der Waals surface area contributed by atoms with Gasteiger partial charge in [-0.05, 0) is 67.0 Å². The summed E-state index contributed by atoms with van der Waals surface area (Å²) in [5.74, 6) is 0.205. The van der Waals surface area contributed by atoms with Gasteiger partial charge in [0.2, 0.25) is 10.0 Å². The molecule has 0 bridgehead atoms. The van der Waals surface area contributed by atoms with E-state index in [-0.39, 0.29) is 22.9 Å². The second-order valence-corrected chi connectivity index (χ2v) is 9.62. The first-order valence-corrected chi connectivity index (χ1v) is 12.5. The van der Waals surface area contributed by atoms with Crippen LogP contribution >= 0.6 is 0 Å². The Bertz CT molecular complexity index is 1030. The van der Waals surface area contributed by atoms with Crippen LogP contribution < -0.4 is 9.46 Å². The summed E-state index contributed by atoms with van der Waals surface area (Å²) in [5, 5.41) is 0. The Labute approximate surface area is 185 Å². The minimum Gasteiger partial charge on any atom is -0.496 e. The quantitative estimate of drug-likeness (QED) is 0.670. The molecule has 1 fully saturated rings. The van der Waals surface area contributed by atoms with Gasteiger partial charge in [0, 0.05) is 19.6 Å². The van der Waals surface area contributed by atoms with Gasteiger partial charge in [0.15, 0.2) is 0 Å². The molecule has 0 atom stereocenters. The summed E-state index contributed by atoms with van der Waals surface area (Å²) in [6.45, 7) is 5.71. The molecule has 6 nitrogen and oxygen atoms in total. The number of carbonyl (C=O) groups excluding carboxylic acids is 1. The Morgan fingerprint density at radius 2 is 1.74 bits per heavy atom. The summed E-state index contributed by atoms with van der Waals surface area (Å²) in [4.78, 5) is 14.9. The monoisotopic (exact) mass is 444 g/mol. The molecule has 1 aliphatic rings. The van der Waals surface area contributed by atoms with Gasteiger partial charge < -0.3 is 9.64 Å². The number of carbonyl (C=O) groups is 1. The summed E-state index contributed by atoms with van der Waals surface area (Å²) in [7, 11) is -2.30. The van der Waals surface area contributed by atoms with Crippen molar-refractivity contribution in [2.24, 2.45) is 0 Å². The average molecular weight is 445 g/mol. The van der Waals surface area contributed by atoms with Gasteiger partial charge in [-0.2, -0.15) is 0 Å². The van der Waals surface area contributed by atoms with Crippen LogP contribution in [-0.2, 0) is 29.4 Å². The number of sulfonamides is 1. The van der Waals surface area contributed by atoms with Crippen molar-refractivity contribution in [3.8, 4) is 5.75 Å². The van der Waals surface area contributed by atoms with Crippen molar-refractivity contribution in [3.05, 3.63) is 58.7 Å². The normalized spacial score (nSPS) is 14.5. The number of amides is 1. The molecule has 1 N–H and O–H groups in total. The fourth-order valence-electron chi connectivity index (χ4n) is 3.95. The third kappa shape index (κ3) is 5.46. The molecule has 0 saturated carbocycles. The molecule has 0 aliphatic carbocycles. The highest BCUT2D eigenvalue weighted by Gasteiger charge is 2.24. The summed E-state index contributed by atoms with van der Waals surface area (Å²) in [5.41, 5.74) is 3.55. The Kier molecular flexibility index (Phi) is 7.73. The third-order valence-electron chi connectivity index (χ3n) is 5.87. The van der Waals surface area contributed by atoms with E-state index < -0.39 is 10.0 Å². The fourth-order valence-corrected chi connectivity index (χ4v) is 4.99. The molecule has 2 aromatic rings. The second kappa shape index (κ2) is 10.3. The number of aryl methyl sites for hydroxylation is 2. The molecule has 2 aromatic carbocycles. The zero-order valence-corrected chi connectivity index (χ0v) is 19.4. The first kappa shape index (κ1) is 23.3. The van der Waals surface area contributed by atoms with E-state index in [2.05, 4.69) is 36.8 Å². The van der Waals surface area contributed by atoms with Crippen LogP contribution in [0.25, 0.3) is 0 Å². The van der Waals surface area contributed by atoms with Gasteiger partial charge in [0.25, 0.3) is 5.91 Å². The molecular weight excluding hydrogens is 412 g/mol. The van der Waals surface area contributed by atoms with Gasteiger partial charge in [-0.25, -0.2) is 13.1 Å². The lowest BCUT2D eigenvalue weighted by molar-refractivity contribution is 0.0720. The van der Waals surface area contributed by atoms with Gasteiger partial charge in [-0.1, -0.05) is 32.0 Å². The first-order valence-electron chi connectivity index (χ1n) is 11.0. The van der Waals surface area contributed by atoms with E-state index >= 15 is 0 Å². The lowest BCUT2D eigenvalue weighted by atomic mass is 10.0. The Balaban J connectivity index is 1.85. The van der Waals surface area contributed by atoms with Gasteiger partial charge in [-0.15, -0.1) is 0 Å². The van der Waals surface area contributed by atoms with Crippen molar-refractivity contribution < 1.29 is 17.9 Å². The van der Waals surface area contributed by atoms with Crippen molar-refractivity contribution in [1.82, 2.24) is 9.62 Å². The Morgan fingerprint density at radius 1 is 1.00 bits per heavy atom. The number of likely N-dealkylation sites (tertiary alicyclic amines) is 1. The van der Waals surface area contributed by atoms with Crippen molar-refractivity contribution in [2.45, 2.75) is 57.4 Å². The summed E-state index contributed by atoms with van der Waals surface area (Å²) in [6, 6.07) is 10.7. The summed E-state index contributed by atoms with van der Waals surface area (Å²) < 4.78 is 34.1. The SMILES string of the molecule is CCc1ccc(CC)c(CNS(=O)(=O)c2ccc(OC)c(C(=O)N3CCCCC3)c2)c1. The van der Waals surface area contributed by atoms with Gasteiger partial charge in [0.05, 0.1) is 17.6 Å². The van der Waals surface area contributed by atoms with Gasteiger partial charge in [-0.3, -0.25) is 4.79 Å². The molecule has 1 heterocycles.